The van der Waals surface area contributed by atoms with Gasteiger partial charge in [-0.1, -0.05) is 0 Å². The molecule has 0 saturated heterocycles. The van der Waals surface area contributed by atoms with E-state index in [1.165, 1.54) is 44.8 Å². The van der Waals surface area contributed by atoms with Crippen molar-refractivity contribution in [1.29, 1.82) is 0 Å². The summed E-state index contributed by atoms with van der Waals surface area (Å²) >= 11 is 1.52. The predicted molar refractivity (Wildman–Crippen MR) is 114 cm³/mol. The summed E-state index contributed by atoms with van der Waals surface area (Å²) in [5, 5.41) is 2.83. The van der Waals surface area contributed by atoms with Crippen molar-refractivity contribution in [1.82, 2.24) is 4.98 Å². The van der Waals surface area contributed by atoms with E-state index in [0.717, 1.165) is 10.7 Å². The Morgan fingerprint density at radius 3 is 2.20 bits per heavy atom. The second kappa shape index (κ2) is 9.58. The number of carbonyl (C=O) groups is 1. The number of halogens is 1. The van der Waals surface area contributed by atoms with Crippen molar-refractivity contribution >= 4 is 22.9 Å². The standard InChI is InChI=1S/C22H23FN2O4S/c1-14-24-17(13-30-14)12-25(18-7-5-16(23)6-8-18)21(26)11-15-9-19(27-2)22(29-4)20(10-15)28-3/h5-10,13H,11-12H2,1-4H3. The van der Waals surface area contributed by atoms with Gasteiger partial charge in [-0.3, -0.25) is 4.79 Å². The number of benzene rings is 2. The molecule has 0 aliphatic carbocycles. The fourth-order valence-corrected chi connectivity index (χ4v) is 3.70. The third kappa shape index (κ3) is 4.88. The van der Waals surface area contributed by atoms with Gasteiger partial charge in [-0.05, 0) is 48.9 Å². The van der Waals surface area contributed by atoms with Crippen molar-refractivity contribution in [3.8, 4) is 17.2 Å². The molecule has 0 atom stereocenters. The van der Waals surface area contributed by atoms with Crippen LogP contribution in [0, 0.1) is 12.7 Å². The Balaban J connectivity index is 1.92. The lowest BCUT2D eigenvalue weighted by Crippen LogP contribution is -2.32. The lowest BCUT2D eigenvalue weighted by Gasteiger charge is -2.23. The lowest BCUT2D eigenvalue weighted by atomic mass is 10.1. The number of aryl methyl sites for hydroxylation is 1. The molecule has 0 unspecified atom stereocenters. The average molecular weight is 431 g/mol. The smallest absolute Gasteiger partial charge is 0.231 e. The largest absolute Gasteiger partial charge is 0.493 e. The average Bonchev–Trinajstić information content (AvgIpc) is 3.16. The molecule has 1 aromatic heterocycles. The molecule has 0 radical (unpaired) electrons. The van der Waals surface area contributed by atoms with Crippen LogP contribution < -0.4 is 19.1 Å². The number of methoxy groups -OCH3 is 3. The fraction of sp³-hybridized carbons (Fsp3) is 0.273. The van der Waals surface area contributed by atoms with Crippen LogP contribution >= 0.6 is 11.3 Å². The zero-order valence-corrected chi connectivity index (χ0v) is 18.1. The van der Waals surface area contributed by atoms with E-state index in [4.69, 9.17) is 14.2 Å². The highest BCUT2D eigenvalue weighted by Crippen LogP contribution is 2.38. The van der Waals surface area contributed by atoms with E-state index in [-0.39, 0.29) is 18.1 Å². The molecule has 2 aromatic carbocycles. The Hall–Kier alpha value is -3.13. The molecule has 1 heterocycles. The first-order valence-corrected chi connectivity index (χ1v) is 10.1. The Morgan fingerprint density at radius 1 is 1.07 bits per heavy atom. The predicted octanol–water partition coefficient (Wildman–Crippen LogP) is 4.39. The highest BCUT2D eigenvalue weighted by Gasteiger charge is 2.21. The SMILES string of the molecule is COc1cc(CC(=O)N(Cc2csc(C)n2)c2ccc(F)cc2)cc(OC)c1OC. The fourth-order valence-electron chi connectivity index (χ4n) is 3.09. The van der Waals surface area contributed by atoms with Gasteiger partial charge in [0.2, 0.25) is 11.7 Å². The van der Waals surface area contributed by atoms with E-state index in [2.05, 4.69) is 4.98 Å². The second-order valence-electron chi connectivity index (χ2n) is 6.52. The number of hydrogen-bond donors (Lipinski definition) is 0. The van der Waals surface area contributed by atoms with Gasteiger partial charge in [0.25, 0.3) is 0 Å². The number of carbonyl (C=O) groups excluding carboxylic acids is 1. The maximum Gasteiger partial charge on any atom is 0.231 e. The van der Waals surface area contributed by atoms with Crippen molar-refractivity contribution in [2.24, 2.45) is 0 Å². The van der Waals surface area contributed by atoms with E-state index in [1.807, 2.05) is 12.3 Å². The molecule has 8 heteroatoms. The van der Waals surface area contributed by atoms with Gasteiger partial charge >= 0.3 is 0 Å². The molecule has 1 amide bonds. The minimum atomic E-state index is -0.361. The van der Waals surface area contributed by atoms with E-state index in [0.29, 0.717) is 35.0 Å². The van der Waals surface area contributed by atoms with Crippen LogP contribution in [0.5, 0.6) is 17.2 Å². The first-order chi connectivity index (χ1) is 14.4. The van der Waals surface area contributed by atoms with Crippen molar-refractivity contribution in [2.75, 3.05) is 26.2 Å². The Bertz CT molecular complexity index is 995. The van der Waals surface area contributed by atoms with Gasteiger partial charge in [0, 0.05) is 11.1 Å². The third-order valence-corrected chi connectivity index (χ3v) is 5.33. The highest BCUT2D eigenvalue weighted by atomic mass is 32.1. The van der Waals surface area contributed by atoms with E-state index < -0.39 is 0 Å². The molecule has 6 nitrogen and oxygen atoms in total. The molecule has 3 rings (SSSR count). The number of nitrogens with zero attached hydrogens (tertiary/aromatic N) is 2. The Morgan fingerprint density at radius 2 is 1.70 bits per heavy atom. The van der Waals surface area contributed by atoms with E-state index >= 15 is 0 Å². The minimum Gasteiger partial charge on any atom is -0.493 e. The van der Waals surface area contributed by atoms with Gasteiger partial charge < -0.3 is 19.1 Å². The van der Waals surface area contributed by atoms with Crippen LogP contribution in [-0.2, 0) is 17.8 Å². The van der Waals surface area contributed by atoms with E-state index in [1.54, 1.807) is 29.2 Å². The summed E-state index contributed by atoms with van der Waals surface area (Å²) in [7, 11) is 4.58. The van der Waals surface area contributed by atoms with Crippen molar-refractivity contribution in [3.63, 3.8) is 0 Å². The Labute approximate surface area is 178 Å². The van der Waals surface area contributed by atoms with Crippen molar-refractivity contribution in [2.45, 2.75) is 19.9 Å². The van der Waals surface area contributed by atoms with Crippen LogP contribution in [0.1, 0.15) is 16.3 Å². The summed E-state index contributed by atoms with van der Waals surface area (Å²) in [6.45, 7) is 2.20. The summed E-state index contributed by atoms with van der Waals surface area (Å²) in [6, 6.07) is 9.33. The summed E-state index contributed by atoms with van der Waals surface area (Å²) in [6.07, 6.45) is 0.0945. The zero-order chi connectivity index (χ0) is 21.7. The summed E-state index contributed by atoms with van der Waals surface area (Å²) < 4.78 is 29.5. The molecule has 3 aromatic rings. The molecule has 0 bridgehead atoms. The molecule has 158 valence electrons. The number of thiazole rings is 1. The van der Waals surface area contributed by atoms with Crippen LogP contribution in [-0.4, -0.2) is 32.2 Å². The number of amides is 1. The van der Waals surface area contributed by atoms with Gasteiger partial charge in [-0.25, -0.2) is 9.37 Å². The Kier molecular flexibility index (Phi) is 6.89. The number of ether oxygens (including phenoxy) is 3. The van der Waals surface area contributed by atoms with Gasteiger partial charge in [0.15, 0.2) is 11.5 Å². The zero-order valence-electron chi connectivity index (χ0n) is 17.3. The van der Waals surface area contributed by atoms with E-state index in [9.17, 15) is 9.18 Å². The number of aromatic nitrogens is 1. The first kappa shape index (κ1) is 21.6. The molecule has 30 heavy (non-hydrogen) atoms. The van der Waals surface area contributed by atoms with Crippen molar-refractivity contribution in [3.05, 3.63) is 63.9 Å². The van der Waals surface area contributed by atoms with Gasteiger partial charge in [-0.15, -0.1) is 11.3 Å². The number of rotatable bonds is 8. The summed E-state index contributed by atoms with van der Waals surface area (Å²) in [4.78, 5) is 19.3. The van der Waals surface area contributed by atoms with Gasteiger partial charge in [-0.2, -0.15) is 0 Å². The number of hydrogen-bond acceptors (Lipinski definition) is 6. The lowest BCUT2D eigenvalue weighted by molar-refractivity contribution is -0.118. The van der Waals surface area contributed by atoms with Crippen LogP contribution in [0.25, 0.3) is 0 Å². The molecule has 0 spiro atoms. The molecule has 0 fully saturated rings. The van der Waals surface area contributed by atoms with Gasteiger partial charge in [0.05, 0.1) is 45.0 Å². The van der Waals surface area contributed by atoms with Crippen LogP contribution in [0.2, 0.25) is 0 Å². The minimum absolute atomic E-state index is 0.0945. The van der Waals surface area contributed by atoms with Crippen LogP contribution in [0.3, 0.4) is 0 Å². The third-order valence-electron chi connectivity index (χ3n) is 4.51. The highest BCUT2D eigenvalue weighted by molar-refractivity contribution is 7.09. The summed E-state index contributed by atoms with van der Waals surface area (Å²) in [5.41, 5.74) is 2.08. The molecular weight excluding hydrogens is 407 g/mol. The summed E-state index contributed by atoms with van der Waals surface area (Å²) in [5.74, 6) is 0.887. The first-order valence-electron chi connectivity index (χ1n) is 9.21. The normalized spacial score (nSPS) is 10.6. The molecular formula is C22H23FN2O4S. The molecule has 0 N–H and O–H groups in total. The molecule has 0 aliphatic heterocycles. The van der Waals surface area contributed by atoms with Crippen LogP contribution in [0.4, 0.5) is 10.1 Å². The number of anilines is 1. The second-order valence-corrected chi connectivity index (χ2v) is 7.59. The van der Waals surface area contributed by atoms with Crippen molar-refractivity contribution < 1.29 is 23.4 Å². The topological polar surface area (TPSA) is 60.9 Å². The maximum absolute atomic E-state index is 13.4. The maximum atomic E-state index is 13.4. The molecule has 0 aliphatic rings. The van der Waals surface area contributed by atoms with Crippen LogP contribution in [0.15, 0.2) is 41.8 Å². The van der Waals surface area contributed by atoms with Gasteiger partial charge in [0.1, 0.15) is 5.82 Å². The quantitative estimate of drug-likeness (QED) is 0.530. The monoisotopic (exact) mass is 430 g/mol. The molecule has 0 saturated carbocycles.